The van der Waals surface area contributed by atoms with Crippen molar-refractivity contribution in [3.05, 3.63) is 54.1 Å². The van der Waals surface area contributed by atoms with Gasteiger partial charge in [0.2, 0.25) is 10.0 Å². The number of anilines is 1. The first kappa shape index (κ1) is 18.2. The van der Waals surface area contributed by atoms with E-state index in [9.17, 15) is 13.2 Å². The lowest BCUT2D eigenvalue weighted by Gasteiger charge is -2.13. The zero-order valence-corrected chi connectivity index (χ0v) is 15.3. The summed E-state index contributed by atoms with van der Waals surface area (Å²) < 4.78 is 37.5. The summed E-state index contributed by atoms with van der Waals surface area (Å²) in [5.41, 5.74) is 1.64. The van der Waals surface area contributed by atoms with Crippen LogP contribution in [0.5, 0.6) is 5.75 Å². The molecule has 1 N–H and O–H groups in total. The van der Waals surface area contributed by atoms with E-state index in [0.717, 1.165) is 5.56 Å². The predicted molar refractivity (Wildman–Crippen MR) is 97.0 cm³/mol. The number of aryl methyl sites for hydroxylation is 1. The van der Waals surface area contributed by atoms with E-state index < -0.39 is 22.2 Å². The number of hydrogen-bond donors (Lipinski definition) is 1. The highest BCUT2D eigenvalue weighted by atomic mass is 32.2. The summed E-state index contributed by atoms with van der Waals surface area (Å²) >= 11 is 0. The van der Waals surface area contributed by atoms with Gasteiger partial charge in [-0.2, -0.15) is 0 Å². The molecule has 2 aromatic rings. The van der Waals surface area contributed by atoms with E-state index in [4.69, 9.17) is 9.47 Å². The van der Waals surface area contributed by atoms with E-state index in [2.05, 4.69) is 4.72 Å². The fourth-order valence-electron chi connectivity index (χ4n) is 2.60. The quantitative estimate of drug-likeness (QED) is 0.836. The summed E-state index contributed by atoms with van der Waals surface area (Å²) in [6.45, 7) is 2.16. The molecule has 7 nitrogen and oxygen atoms in total. The van der Waals surface area contributed by atoms with Crippen molar-refractivity contribution in [3.63, 3.8) is 0 Å². The highest BCUT2D eigenvalue weighted by Gasteiger charge is 2.33. The first-order chi connectivity index (χ1) is 12.4. The first-order valence-electron chi connectivity index (χ1n) is 8.07. The number of ether oxygens (including phenoxy) is 2. The van der Waals surface area contributed by atoms with Crippen molar-refractivity contribution in [3.8, 4) is 5.75 Å². The Morgan fingerprint density at radius 1 is 1.15 bits per heavy atom. The van der Waals surface area contributed by atoms with Gasteiger partial charge in [0, 0.05) is 12.2 Å². The van der Waals surface area contributed by atoms with Crippen LogP contribution >= 0.6 is 0 Å². The number of hydrogen-bond acceptors (Lipinski definition) is 5. The maximum absolute atomic E-state index is 12.3. The summed E-state index contributed by atoms with van der Waals surface area (Å²) in [6, 6.07) is 13.5. The molecule has 1 heterocycles. The Morgan fingerprint density at radius 3 is 2.42 bits per heavy atom. The number of cyclic esters (lactones) is 1. The molecule has 1 atom stereocenters. The number of carbonyl (C=O) groups is 1. The van der Waals surface area contributed by atoms with E-state index in [-0.39, 0.29) is 18.0 Å². The zero-order valence-electron chi connectivity index (χ0n) is 14.5. The Morgan fingerprint density at radius 2 is 1.81 bits per heavy atom. The van der Waals surface area contributed by atoms with E-state index >= 15 is 0 Å². The van der Waals surface area contributed by atoms with Gasteiger partial charge in [-0.15, -0.1) is 0 Å². The lowest BCUT2D eigenvalue weighted by atomic mass is 10.2. The van der Waals surface area contributed by atoms with Gasteiger partial charge >= 0.3 is 6.09 Å². The molecule has 3 rings (SSSR count). The Bertz CT molecular complexity index is 879. The van der Waals surface area contributed by atoms with Gasteiger partial charge in [-0.1, -0.05) is 17.7 Å². The Labute approximate surface area is 152 Å². The third-order valence-corrected chi connectivity index (χ3v) is 5.53. The molecule has 26 heavy (non-hydrogen) atoms. The average Bonchev–Trinajstić information content (AvgIpc) is 3.01. The monoisotopic (exact) mass is 376 g/mol. The normalized spacial score (nSPS) is 17.2. The third kappa shape index (κ3) is 3.97. The van der Waals surface area contributed by atoms with Crippen LogP contribution in [0, 0.1) is 6.92 Å². The predicted octanol–water partition coefficient (Wildman–Crippen LogP) is 2.31. The van der Waals surface area contributed by atoms with E-state index in [1.807, 2.05) is 6.92 Å². The molecule has 1 unspecified atom stereocenters. The van der Waals surface area contributed by atoms with Gasteiger partial charge in [-0.25, -0.2) is 17.9 Å². The Kier molecular flexibility index (Phi) is 5.15. The van der Waals surface area contributed by atoms with Crippen molar-refractivity contribution in [2.75, 3.05) is 25.1 Å². The van der Waals surface area contributed by atoms with Crippen LogP contribution in [0.25, 0.3) is 0 Å². The summed E-state index contributed by atoms with van der Waals surface area (Å²) in [7, 11) is -2.08. The number of rotatable bonds is 6. The van der Waals surface area contributed by atoms with Crippen LogP contribution in [0.4, 0.5) is 10.5 Å². The molecule has 2 aromatic carbocycles. The molecule has 1 amide bonds. The lowest BCUT2D eigenvalue weighted by Crippen LogP contribution is -2.34. The number of benzene rings is 2. The van der Waals surface area contributed by atoms with E-state index in [1.54, 1.807) is 55.6 Å². The van der Waals surface area contributed by atoms with E-state index in [0.29, 0.717) is 11.4 Å². The van der Waals surface area contributed by atoms with Crippen LogP contribution in [0.2, 0.25) is 0 Å². The molecule has 0 spiro atoms. The number of methoxy groups -OCH3 is 1. The summed E-state index contributed by atoms with van der Waals surface area (Å²) in [5, 5.41) is 0. The van der Waals surface area contributed by atoms with Crippen molar-refractivity contribution in [1.29, 1.82) is 0 Å². The van der Waals surface area contributed by atoms with Gasteiger partial charge < -0.3 is 9.47 Å². The minimum Gasteiger partial charge on any atom is -0.497 e. The van der Waals surface area contributed by atoms with Crippen molar-refractivity contribution < 1.29 is 22.7 Å². The maximum Gasteiger partial charge on any atom is 0.414 e. The van der Waals surface area contributed by atoms with Crippen LogP contribution in [0.3, 0.4) is 0 Å². The SMILES string of the molecule is COc1ccc(N2CC(CNS(=O)(=O)c3ccc(C)cc3)OC2=O)cc1. The standard InChI is InChI=1S/C18H20N2O5S/c1-13-3-9-17(10-4-13)26(22,23)19-11-16-12-20(18(21)25-16)14-5-7-15(24-2)8-6-14/h3-10,16,19H,11-12H2,1-2H3. The van der Waals surface area contributed by atoms with Crippen LogP contribution in [-0.4, -0.2) is 40.8 Å². The molecule has 1 saturated heterocycles. The van der Waals surface area contributed by atoms with Crippen molar-refractivity contribution in [1.82, 2.24) is 4.72 Å². The van der Waals surface area contributed by atoms with Gasteiger partial charge in [0.15, 0.2) is 0 Å². The number of sulfonamides is 1. The van der Waals surface area contributed by atoms with Gasteiger partial charge in [0.05, 0.1) is 18.6 Å². The Balaban J connectivity index is 1.62. The number of nitrogens with zero attached hydrogens (tertiary/aromatic N) is 1. The molecule has 0 radical (unpaired) electrons. The van der Waals surface area contributed by atoms with Crippen molar-refractivity contribution in [2.24, 2.45) is 0 Å². The van der Waals surface area contributed by atoms with Crippen LogP contribution < -0.4 is 14.4 Å². The third-order valence-electron chi connectivity index (χ3n) is 4.09. The number of carbonyl (C=O) groups excluding carboxylic acids is 1. The molecule has 1 aliphatic rings. The fourth-order valence-corrected chi connectivity index (χ4v) is 3.67. The first-order valence-corrected chi connectivity index (χ1v) is 9.56. The average molecular weight is 376 g/mol. The second kappa shape index (κ2) is 7.35. The fraction of sp³-hybridized carbons (Fsp3) is 0.278. The Hall–Kier alpha value is -2.58. The molecule has 0 aromatic heterocycles. The number of amides is 1. The highest BCUT2D eigenvalue weighted by molar-refractivity contribution is 7.89. The molecule has 0 bridgehead atoms. The topological polar surface area (TPSA) is 84.9 Å². The zero-order chi connectivity index (χ0) is 18.7. The van der Waals surface area contributed by atoms with E-state index in [1.165, 1.54) is 4.90 Å². The lowest BCUT2D eigenvalue weighted by molar-refractivity contribution is 0.143. The molecule has 8 heteroatoms. The summed E-state index contributed by atoms with van der Waals surface area (Å²) in [4.78, 5) is 13.7. The van der Waals surface area contributed by atoms with Crippen LogP contribution in [0.1, 0.15) is 5.56 Å². The van der Waals surface area contributed by atoms with Crippen molar-refractivity contribution in [2.45, 2.75) is 17.9 Å². The molecule has 138 valence electrons. The smallest absolute Gasteiger partial charge is 0.414 e. The second-order valence-corrected chi connectivity index (χ2v) is 7.75. The summed E-state index contributed by atoms with van der Waals surface area (Å²) in [6.07, 6.45) is -1.07. The van der Waals surface area contributed by atoms with Gasteiger partial charge in [0.1, 0.15) is 11.9 Å². The minimum atomic E-state index is -3.65. The highest BCUT2D eigenvalue weighted by Crippen LogP contribution is 2.24. The molecule has 0 saturated carbocycles. The molecule has 0 aliphatic carbocycles. The molecular weight excluding hydrogens is 356 g/mol. The van der Waals surface area contributed by atoms with Gasteiger partial charge in [0.25, 0.3) is 0 Å². The molecule has 1 fully saturated rings. The van der Waals surface area contributed by atoms with Crippen molar-refractivity contribution >= 4 is 21.8 Å². The summed E-state index contributed by atoms with van der Waals surface area (Å²) in [5.74, 6) is 0.684. The van der Waals surface area contributed by atoms with Crippen LogP contribution in [0.15, 0.2) is 53.4 Å². The number of nitrogens with one attached hydrogen (secondary N) is 1. The second-order valence-electron chi connectivity index (χ2n) is 5.98. The van der Waals surface area contributed by atoms with Crippen LogP contribution in [-0.2, 0) is 14.8 Å². The van der Waals surface area contributed by atoms with Gasteiger partial charge in [-0.05, 0) is 43.3 Å². The molecule has 1 aliphatic heterocycles. The maximum atomic E-state index is 12.3. The largest absolute Gasteiger partial charge is 0.497 e. The molecular formula is C18H20N2O5S. The van der Waals surface area contributed by atoms with Gasteiger partial charge in [-0.3, -0.25) is 4.90 Å². The minimum absolute atomic E-state index is 0.00854.